The Hall–Kier alpha value is -1.31. The predicted octanol–water partition coefficient (Wildman–Crippen LogP) is 0.511. The number of nitrogens with zero attached hydrogens (tertiary/aromatic N) is 2. The molecule has 2 heterocycles. The van der Waals surface area contributed by atoms with Gasteiger partial charge in [0.05, 0.1) is 5.69 Å². The normalized spacial score (nSPS) is 24.1. The quantitative estimate of drug-likeness (QED) is 0.834. The van der Waals surface area contributed by atoms with E-state index in [9.17, 15) is 13.5 Å². The first kappa shape index (κ1) is 13.7. The maximum Gasteiger partial charge on any atom is 0.304 e. The highest BCUT2D eigenvalue weighted by Crippen LogP contribution is 2.30. The molecule has 0 bridgehead atoms. The van der Waals surface area contributed by atoms with E-state index in [-0.39, 0.29) is 11.8 Å². The lowest BCUT2D eigenvalue weighted by Gasteiger charge is -2.30. The van der Waals surface area contributed by atoms with Crippen molar-refractivity contribution >= 4 is 15.9 Å². The highest BCUT2D eigenvalue weighted by atomic mass is 32.2. The fraction of sp³-hybridized carbons (Fsp3) is 0.538. The number of nitrogens with one attached hydrogen (secondary N) is 1. The molecule has 0 saturated carbocycles. The Morgan fingerprint density at radius 2 is 1.95 bits per heavy atom. The molecule has 2 aliphatic rings. The van der Waals surface area contributed by atoms with Crippen molar-refractivity contribution < 1.29 is 13.5 Å². The molecule has 6 nitrogen and oxygen atoms in total. The van der Waals surface area contributed by atoms with E-state index in [1.54, 1.807) is 16.4 Å². The van der Waals surface area contributed by atoms with E-state index in [1.807, 2.05) is 0 Å². The van der Waals surface area contributed by atoms with Crippen molar-refractivity contribution in [2.24, 2.45) is 0 Å². The Kier molecular flexibility index (Phi) is 3.57. The van der Waals surface area contributed by atoms with Gasteiger partial charge in [0, 0.05) is 25.2 Å². The summed E-state index contributed by atoms with van der Waals surface area (Å²) in [5.41, 5.74) is 0.529. The van der Waals surface area contributed by atoms with Crippen molar-refractivity contribution in [3.05, 3.63) is 24.3 Å². The second-order valence-electron chi connectivity index (χ2n) is 5.19. The number of piperidine rings is 1. The van der Waals surface area contributed by atoms with Gasteiger partial charge in [-0.15, -0.1) is 0 Å². The number of hydrogen-bond acceptors (Lipinski definition) is 4. The average Bonchev–Trinajstić information content (AvgIpc) is 2.75. The molecule has 0 unspecified atom stereocenters. The molecule has 1 aromatic rings. The van der Waals surface area contributed by atoms with Gasteiger partial charge in [0.25, 0.3) is 0 Å². The van der Waals surface area contributed by atoms with Crippen molar-refractivity contribution in [1.29, 1.82) is 0 Å². The molecule has 0 aliphatic carbocycles. The highest BCUT2D eigenvalue weighted by Gasteiger charge is 2.41. The molecule has 0 atom stereocenters. The van der Waals surface area contributed by atoms with Gasteiger partial charge in [0.1, 0.15) is 5.75 Å². The van der Waals surface area contributed by atoms with Gasteiger partial charge in [0.2, 0.25) is 0 Å². The van der Waals surface area contributed by atoms with E-state index in [1.165, 1.54) is 16.4 Å². The Bertz CT molecular complexity index is 584. The summed E-state index contributed by atoms with van der Waals surface area (Å²) >= 11 is 0. The largest absolute Gasteiger partial charge is 0.508 e. The molecule has 2 aliphatic heterocycles. The molecule has 20 heavy (non-hydrogen) atoms. The van der Waals surface area contributed by atoms with Gasteiger partial charge in [-0.05, 0) is 38.1 Å². The zero-order valence-electron chi connectivity index (χ0n) is 11.2. The first-order valence-electron chi connectivity index (χ1n) is 6.88. The average molecular weight is 297 g/mol. The van der Waals surface area contributed by atoms with E-state index < -0.39 is 10.2 Å². The smallest absolute Gasteiger partial charge is 0.304 e. The minimum absolute atomic E-state index is 0.0815. The fourth-order valence-corrected chi connectivity index (χ4v) is 4.77. The molecule has 0 aromatic heterocycles. The zero-order valence-corrected chi connectivity index (χ0v) is 12.0. The van der Waals surface area contributed by atoms with Gasteiger partial charge in [0.15, 0.2) is 0 Å². The highest BCUT2D eigenvalue weighted by molar-refractivity contribution is 7.90. The monoisotopic (exact) mass is 297 g/mol. The predicted molar refractivity (Wildman–Crippen MR) is 77.0 cm³/mol. The van der Waals surface area contributed by atoms with Crippen LogP contribution < -0.4 is 9.62 Å². The Morgan fingerprint density at radius 1 is 1.20 bits per heavy atom. The fourth-order valence-electron chi connectivity index (χ4n) is 2.92. The number of anilines is 1. The van der Waals surface area contributed by atoms with Crippen LogP contribution in [0.1, 0.15) is 12.8 Å². The summed E-state index contributed by atoms with van der Waals surface area (Å²) in [7, 11) is -3.47. The summed E-state index contributed by atoms with van der Waals surface area (Å²) in [6, 6.07) is 6.49. The third kappa shape index (κ3) is 2.36. The van der Waals surface area contributed by atoms with E-state index >= 15 is 0 Å². The van der Waals surface area contributed by atoms with Gasteiger partial charge in [-0.25, -0.2) is 0 Å². The van der Waals surface area contributed by atoms with Crippen LogP contribution in [0.2, 0.25) is 0 Å². The molecule has 0 amide bonds. The third-order valence-corrected chi connectivity index (χ3v) is 5.96. The van der Waals surface area contributed by atoms with Gasteiger partial charge < -0.3 is 10.4 Å². The number of phenols is 1. The van der Waals surface area contributed by atoms with E-state index in [2.05, 4.69) is 5.32 Å². The van der Waals surface area contributed by atoms with Gasteiger partial charge in [-0.2, -0.15) is 12.7 Å². The second kappa shape index (κ2) is 5.23. The number of phenolic OH excluding ortho intramolecular Hbond substituents is 1. The standard InChI is InChI=1S/C13H19N3O3S/c17-13-3-1-2-12(10-13)16-9-8-15(20(16,18)19)11-4-6-14-7-5-11/h1-3,10-11,14,17H,4-9H2. The first-order valence-corrected chi connectivity index (χ1v) is 8.28. The maximum atomic E-state index is 12.7. The van der Waals surface area contributed by atoms with Crippen LogP contribution >= 0.6 is 0 Å². The molecular formula is C13H19N3O3S. The van der Waals surface area contributed by atoms with Crippen molar-refractivity contribution in [2.75, 3.05) is 30.5 Å². The van der Waals surface area contributed by atoms with Crippen LogP contribution in [0.3, 0.4) is 0 Å². The van der Waals surface area contributed by atoms with E-state index in [4.69, 9.17) is 0 Å². The van der Waals surface area contributed by atoms with Crippen molar-refractivity contribution in [3.8, 4) is 5.75 Å². The van der Waals surface area contributed by atoms with Crippen LogP contribution in [0.25, 0.3) is 0 Å². The molecule has 2 N–H and O–H groups in total. The Balaban J connectivity index is 1.85. The van der Waals surface area contributed by atoms with Crippen LogP contribution in [0.5, 0.6) is 5.75 Å². The second-order valence-corrected chi connectivity index (χ2v) is 7.00. The van der Waals surface area contributed by atoms with E-state index in [0.29, 0.717) is 18.8 Å². The number of rotatable bonds is 2. The number of benzene rings is 1. The zero-order chi connectivity index (χ0) is 14.2. The van der Waals surface area contributed by atoms with Gasteiger partial charge in [-0.3, -0.25) is 4.31 Å². The van der Waals surface area contributed by atoms with Crippen LogP contribution in [0.15, 0.2) is 24.3 Å². The third-order valence-electron chi connectivity index (χ3n) is 3.93. The molecule has 7 heteroatoms. The van der Waals surface area contributed by atoms with Crippen molar-refractivity contribution in [2.45, 2.75) is 18.9 Å². The lowest BCUT2D eigenvalue weighted by atomic mass is 10.1. The topological polar surface area (TPSA) is 72.9 Å². The van der Waals surface area contributed by atoms with E-state index in [0.717, 1.165) is 25.9 Å². The van der Waals surface area contributed by atoms with Crippen LogP contribution in [-0.2, 0) is 10.2 Å². The first-order chi connectivity index (χ1) is 9.59. The molecule has 1 aromatic carbocycles. The molecular weight excluding hydrogens is 278 g/mol. The minimum Gasteiger partial charge on any atom is -0.508 e. The minimum atomic E-state index is -3.47. The Morgan fingerprint density at radius 3 is 2.65 bits per heavy atom. The SMILES string of the molecule is O=S1(=O)N(c2cccc(O)c2)CCN1C1CCNCC1. The number of hydrogen-bond donors (Lipinski definition) is 2. The molecule has 2 fully saturated rings. The van der Waals surface area contributed by atoms with Crippen LogP contribution in [-0.4, -0.2) is 50.1 Å². The van der Waals surface area contributed by atoms with Crippen molar-refractivity contribution in [1.82, 2.24) is 9.62 Å². The molecule has 110 valence electrons. The van der Waals surface area contributed by atoms with Crippen LogP contribution in [0.4, 0.5) is 5.69 Å². The lowest BCUT2D eigenvalue weighted by molar-refractivity contribution is 0.280. The lowest BCUT2D eigenvalue weighted by Crippen LogP contribution is -2.45. The Labute approximate surface area is 119 Å². The molecule has 0 radical (unpaired) electrons. The maximum absolute atomic E-state index is 12.7. The molecule has 2 saturated heterocycles. The summed E-state index contributed by atoms with van der Waals surface area (Å²) in [5.74, 6) is 0.0815. The summed E-state index contributed by atoms with van der Waals surface area (Å²) < 4.78 is 28.3. The summed E-state index contributed by atoms with van der Waals surface area (Å²) in [6.07, 6.45) is 1.71. The van der Waals surface area contributed by atoms with Crippen molar-refractivity contribution in [3.63, 3.8) is 0 Å². The van der Waals surface area contributed by atoms with Crippen LogP contribution in [0, 0.1) is 0 Å². The summed E-state index contributed by atoms with van der Waals surface area (Å²) in [6.45, 7) is 2.68. The van der Waals surface area contributed by atoms with Gasteiger partial charge >= 0.3 is 10.2 Å². The molecule has 3 rings (SSSR count). The summed E-state index contributed by atoms with van der Waals surface area (Å²) in [5, 5.41) is 12.8. The number of aromatic hydroxyl groups is 1. The van der Waals surface area contributed by atoms with Gasteiger partial charge in [-0.1, -0.05) is 6.07 Å². The summed E-state index contributed by atoms with van der Waals surface area (Å²) in [4.78, 5) is 0. The molecule has 0 spiro atoms.